The minimum Gasteiger partial charge on any atom is -0.384 e. The number of nitrogens with zero attached hydrogens (tertiary/aromatic N) is 1. The number of carbonyl (C=O) groups excluding carboxylic acids is 1. The Kier molecular flexibility index (Phi) is 4.53. The third kappa shape index (κ3) is 3.46. The van der Waals surface area contributed by atoms with Crippen LogP contribution in [-0.2, 0) is 0 Å². The van der Waals surface area contributed by atoms with Gasteiger partial charge in [0, 0.05) is 16.6 Å². The van der Waals surface area contributed by atoms with Crippen LogP contribution in [0.5, 0.6) is 0 Å². The van der Waals surface area contributed by atoms with Crippen LogP contribution in [0.4, 0.5) is 11.4 Å². The maximum atomic E-state index is 12.7. The standard InChI is InChI=1S/C19H18N6O/c20-17(21)12-9-8-11-4-3-7-16(14(11)10-12)24-18(26)13-5-1-2-6-15(13)25-19(22)23/h1-10H,(H3,20,21)(H,24,26)(H4,22,23,25). The minimum absolute atomic E-state index is 0.0360. The monoisotopic (exact) mass is 346 g/mol. The van der Waals surface area contributed by atoms with Crippen molar-refractivity contribution < 1.29 is 4.79 Å². The fourth-order valence-electron chi connectivity index (χ4n) is 2.64. The fraction of sp³-hybridized carbons (Fsp3) is 0. The summed E-state index contributed by atoms with van der Waals surface area (Å²) in [6.07, 6.45) is 0. The number of hydrogen-bond acceptors (Lipinski definition) is 3. The molecule has 0 heterocycles. The summed E-state index contributed by atoms with van der Waals surface area (Å²) < 4.78 is 0. The van der Waals surface area contributed by atoms with Crippen LogP contribution in [0, 0.1) is 5.41 Å². The first-order valence-corrected chi connectivity index (χ1v) is 7.83. The van der Waals surface area contributed by atoms with Crippen LogP contribution < -0.4 is 22.5 Å². The van der Waals surface area contributed by atoms with Gasteiger partial charge in [0.05, 0.1) is 11.3 Å². The molecule has 3 aromatic carbocycles. The summed E-state index contributed by atoms with van der Waals surface area (Å²) in [5, 5.41) is 12.2. The van der Waals surface area contributed by atoms with E-state index in [2.05, 4.69) is 10.3 Å². The highest BCUT2D eigenvalue weighted by atomic mass is 16.1. The molecule has 0 aliphatic carbocycles. The number of hydrogen-bond donors (Lipinski definition) is 5. The third-order valence-electron chi connectivity index (χ3n) is 3.84. The molecule has 0 spiro atoms. The van der Waals surface area contributed by atoms with Crippen LogP contribution in [0.15, 0.2) is 65.7 Å². The number of nitrogens with one attached hydrogen (secondary N) is 2. The van der Waals surface area contributed by atoms with Gasteiger partial charge >= 0.3 is 0 Å². The molecule has 0 radical (unpaired) electrons. The van der Waals surface area contributed by atoms with Crippen LogP contribution in [0.3, 0.4) is 0 Å². The first-order valence-electron chi connectivity index (χ1n) is 7.83. The average Bonchev–Trinajstić information content (AvgIpc) is 2.61. The second-order valence-electron chi connectivity index (χ2n) is 5.66. The summed E-state index contributed by atoms with van der Waals surface area (Å²) in [6, 6.07) is 17.7. The summed E-state index contributed by atoms with van der Waals surface area (Å²) in [6.45, 7) is 0. The van der Waals surface area contributed by atoms with Crippen LogP contribution in [-0.4, -0.2) is 17.7 Å². The van der Waals surface area contributed by atoms with Crippen LogP contribution in [0.2, 0.25) is 0 Å². The second kappa shape index (κ2) is 6.94. The lowest BCUT2D eigenvalue weighted by Gasteiger charge is -2.11. The number of para-hydroxylation sites is 1. The Bertz CT molecular complexity index is 1040. The molecule has 0 saturated carbocycles. The van der Waals surface area contributed by atoms with E-state index < -0.39 is 0 Å². The first kappa shape index (κ1) is 17.0. The molecule has 0 saturated heterocycles. The molecule has 0 aromatic heterocycles. The smallest absolute Gasteiger partial charge is 0.257 e. The maximum Gasteiger partial charge on any atom is 0.257 e. The van der Waals surface area contributed by atoms with Gasteiger partial charge in [0.2, 0.25) is 0 Å². The van der Waals surface area contributed by atoms with E-state index in [9.17, 15) is 4.79 Å². The Labute approximate surface area is 150 Å². The van der Waals surface area contributed by atoms with Gasteiger partial charge in [-0.25, -0.2) is 4.99 Å². The summed E-state index contributed by atoms with van der Waals surface area (Å²) in [5.74, 6) is -0.501. The number of carbonyl (C=O) groups is 1. The highest BCUT2D eigenvalue weighted by Gasteiger charge is 2.13. The predicted octanol–water partition coefficient (Wildman–Crippen LogP) is 2.28. The number of nitrogens with two attached hydrogens (primary N) is 3. The van der Waals surface area contributed by atoms with E-state index >= 15 is 0 Å². The Morgan fingerprint density at radius 1 is 0.962 bits per heavy atom. The molecular formula is C19H18N6O. The Hall–Kier alpha value is -3.87. The number of nitrogen functional groups attached to an aromatic ring is 1. The number of amides is 1. The zero-order chi connectivity index (χ0) is 18.7. The number of amidine groups is 1. The van der Waals surface area contributed by atoms with Gasteiger partial charge < -0.3 is 22.5 Å². The van der Waals surface area contributed by atoms with Crippen molar-refractivity contribution in [3.8, 4) is 0 Å². The molecule has 26 heavy (non-hydrogen) atoms. The summed E-state index contributed by atoms with van der Waals surface area (Å²) in [4.78, 5) is 16.7. The number of fused-ring (bicyclic) bond motifs is 1. The van der Waals surface area contributed by atoms with Gasteiger partial charge in [0.25, 0.3) is 5.91 Å². The summed E-state index contributed by atoms with van der Waals surface area (Å²) in [5.41, 5.74) is 18.4. The number of anilines is 1. The van der Waals surface area contributed by atoms with E-state index in [4.69, 9.17) is 22.6 Å². The van der Waals surface area contributed by atoms with E-state index in [0.717, 1.165) is 10.8 Å². The Morgan fingerprint density at radius 3 is 2.46 bits per heavy atom. The molecule has 0 aliphatic heterocycles. The van der Waals surface area contributed by atoms with Crippen molar-refractivity contribution >= 4 is 39.8 Å². The SMILES string of the molecule is N=C(N)c1ccc2cccc(NC(=O)c3ccccc3N=C(N)N)c2c1. The van der Waals surface area contributed by atoms with Crippen molar-refractivity contribution in [3.05, 3.63) is 71.8 Å². The molecule has 0 fully saturated rings. The highest BCUT2D eigenvalue weighted by Crippen LogP contribution is 2.26. The second-order valence-corrected chi connectivity index (χ2v) is 5.66. The van der Waals surface area contributed by atoms with Gasteiger partial charge in [-0.2, -0.15) is 0 Å². The first-order chi connectivity index (χ1) is 12.5. The maximum absolute atomic E-state index is 12.7. The zero-order valence-electron chi connectivity index (χ0n) is 13.9. The lowest BCUT2D eigenvalue weighted by atomic mass is 10.0. The van der Waals surface area contributed by atoms with Crippen molar-refractivity contribution in [1.29, 1.82) is 5.41 Å². The quantitative estimate of drug-likeness (QED) is 0.364. The molecule has 8 N–H and O–H groups in total. The Balaban J connectivity index is 2.02. The van der Waals surface area contributed by atoms with E-state index in [1.54, 1.807) is 42.5 Å². The Morgan fingerprint density at radius 2 is 1.73 bits per heavy atom. The molecule has 0 unspecified atom stereocenters. The molecule has 1 amide bonds. The lowest BCUT2D eigenvalue weighted by Crippen LogP contribution is -2.22. The minimum atomic E-state index is -0.341. The van der Waals surface area contributed by atoms with Gasteiger partial charge in [-0.15, -0.1) is 0 Å². The van der Waals surface area contributed by atoms with E-state index in [-0.39, 0.29) is 17.7 Å². The van der Waals surface area contributed by atoms with Crippen LogP contribution in [0.25, 0.3) is 10.8 Å². The molecule has 0 aliphatic rings. The molecule has 130 valence electrons. The largest absolute Gasteiger partial charge is 0.384 e. The van der Waals surface area contributed by atoms with Crippen molar-refractivity contribution in [2.45, 2.75) is 0 Å². The van der Waals surface area contributed by atoms with Crippen molar-refractivity contribution in [2.75, 3.05) is 5.32 Å². The number of rotatable bonds is 4. The lowest BCUT2D eigenvalue weighted by molar-refractivity contribution is 0.102. The molecule has 0 bridgehead atoms. The normalized spacial score (nSPS) is 10.3. The number of aliphatic imine (C=N–C) groups is 1. The average molecular weight is 346 g/mol. The van der Waals surface area contributed by atoms with Gasteiger partial charge in [-0.1, -0.05) is 36.4 Å². The molecule has 7 nitrogen and oxygen atoms in total. The predicted molar refractivity (Wildman–Crippen MR) is 105 cm³/mol. The van der Waals surface area contributed by atoms with Gasteiger partial charge in [-0.05, 0) is 29.7 Å². The fourth-order valence-corrected chi connectivity index (χ4v) is 2.64. The summed E-state index contributed by atoms with van der Waals surface area (Å²) >= 11 is 0. The zero-order valence-corrected chi connectivity index (χ0v) is 13.9. The molecule has 3 rings (SSSR count). The number of benzene rings is 3. The summed E-state index contributed by atoms with van der Waals surface area (Å²) in [7, 11) is 0. The molecule has 0 atom stereocenters. The van der Waals surface area contributed by atoms with Crippen molar-refractivity contribution in [1.82, 2.24) is 0 Å². The van der Waals surface area contributed by atoms with E-state index in [1.807, 2.05) is 18.2 Å². The topological polar surface area (TPSA) is 143 Å². The van der Waals surface area contributed by atoms with Crippen molar-refractivity contribution in [3.63, 3.8) is 0 Å². The third-order valence-corrected chi connectivity index (χ3v) is 3.84. The van der Waals surface area contributed by atoms with Crippen LogP contribution >= 0.6 is 0 Å². The van der Waals surface area contributed by atoms with Gasteiger partial charge in [-0.3, -0.25) is 10.2 Å². The van der Waals surface area contributed by atoms with E-state index in [0.29, 0.717) is 22.5 Å². The van der Waals surface area contributed by atoms with E-state index in [1.165, 1.54) is 0 Å². The molecular weight excluding hydrogens is 328 g/mol. The number of guanidine groups is 1. The van der Waals surface area contributed by atoms with Gasteiger partial charge in [0.1, 0.15) is 5.84 Å². The molecule has 7 heteroatoms. The van der Waals surface area contributed by atoms with Gasteiger partial charge in [0.15, 0.2) is 5.96 Å². The molecule has 3 aromatic rings. The van der Waals surface area contributed by atoms with Crippen molar-refractivity contribution in [2.24, 2.45) is 22.2 Å². The highest BCUT2D eigenvalue weighted by molar-refractivity contribution is 6.12. The van der Waals surface area contributed by atoms with Crippen LogP contribution in [0.1, 0.15) is 15.9 Å².